The predicted octanol–water partition coefficient (Wildman–Crippen LogP) is 1.82. The summed E-state index contributed by atoms with van der Waals surface area (Å²) in [5, 5.41) is 3.25. The number of rotatable bonds is 3. The van der Waals surface area contributed by atoms with Crippen LogP contribution in [0.15, 0.2) is 24.3 Å². The molecule has 0 spiro atoms. The molecular weight excluding hydrogens is 191 g/mol. The molecule has 3 heteroatoms. The minimum absolute atomic E-state index is 0.170. The molecule has 0 heterocycles. The molecular formula is C12H17FN2. The van der Waals surface area contributed by atoms with Crippen LogP contribution in [0.3, 0.4) is 0 Å². The highest BCUT2D eigenvalue weighted by Gasteiger charge is 2.32. The van der Waals surface area contributed by atoms with Crippen molar-refractivity contribution in [3.63, 3.8) is 0 Å². The minimum Gasteiger partial charge on any atom is -0.328 e. The third-order valence-electron chi connectivity index (χ3n) is 3.20. The first kappa shape index (κ1) is 10.6. The molecule has 0 aliphatic heterocycles. The zero-order valence-corrected chi connectivity index (χ0v) is 8.91. The molecule has 0 radical (unpaired) electrons. The Morgan fingerprint density at radius 2 is 2.20 bits per heavy atom. The summed E-state index contributed by atoms with van der Waals surface area (Å²) < 4.78 is 13.1. The molecule has 2 rings (SSSR count). The lowest BCUT2D eigenvalue weighted by atomic mass is 9.74. The first-order chi connectivity index (χ1) is 7.20. The van der Waals surface area contributed by atoms with Gasteiger partial charge in [-0.3, -0.25) is 0 Å². The summed E-state index contributed by atoms with van der Waals surface area (Å²) >= 11 is 0. The maximum absolute atomic E-state index is 13.1. The van der Waals surface area contributed by atoms with E-state index < -0.39 is 0 Å². The van der Waals surface area contributed by atoms with Crippen LogP contribution in [-0.4, -0.2) is 13.1 Å². The first-order valence-corrected chi connectivity index (χ1v) is 5.39. The molecule has 0 aromatic heterocycles. The van der Waals surface area contributed by atoms with Crippen LogP contribution in [0.5, 0.6) is 0 Å². The number of halogens is 1. The topological polar surface area (TPSA) is 38.0 Å². The summed E-state index contributed by atoms with van der Waals surface area (Å²) in [7, 11) is 1.92. The summed E-state index contributed by atoms with van der Waals surface area (Å²) in [5.74, 6) is 0.378. The Kier molecular flexibility index (Phi) is 3.03. The van der Waals surface area contributed by atoms with E-state index >= 15 is 0 Å². The van der Waals surface area contributed by atoms with Gasteiger partial charge in [0.15, 0.2) is 0 Å². The second-order valence-electron chi connectivity index (χ2n) is 4.31. The van der Waals surface area contributed by atoms with Crippen molar-refractivity contribution < 1.29 is 4.39 Å². The monoisotopic (exact) mass is 208 g/mol. The van der Waals surface area contributed by atoms with Crippen LogP contribution >= 0.6 is 0 Å². The summed E-state index contributed by atoms with van der Waals surface area (Å²) in [6, 6.07) is 7.37. The van der Waals surface area contributed by atoms with E-state index in [4.69, 9.17) is 5.73 Å². The van der Waals surface area contributed by atoms with Crippen LogP contribution in [0.4, 0.5) is 4.39 Å². The molecule has 15 heavy (non-hydrogen) atoms. The predicted molar refractivity (Wildman–Crippen MR) is 58.9 cm³/mol. The SMILES string of the molecule is CNC(c1cccc(F)c1)C1CC(N)C1. The van der Waals surface area contributed by atoms with Gasteiger partial charge in [-0.25, -0.2) is 4.39 Å². The van der Waals surface area contributed by atoms with Gasteiger partial charge in [-0.2, -0.15) is 0 Å². The van der Waals surface area contributed by atoms with Gasteiger partial charge in [0.05, 0.1) is 0 Å². The molecule has 1 aliphatic carbocycles. The van der Waals surface area contributed by atoms with Crippen molar-refractivity contribution in [2.45, 2.75) is 24.9 Å². The van der Waals surface area contributed by atoms with E-state index in [-0.39, 0.29) is 11.9 Å². The molecule has 1 saturated carbocycles. The van der Waals surface area contributed by atoms with Gasteiger partial charge in [0, 0.05) is 12.1 Å². The number of nitrogens with two attached hydrogens (primary N) is 1. The second-order valence-corrected chi connectivity index (χ2v) is 4.31. The molecule has 1 unspecified atom stereocenters. The molecule has 0 bridgehead atoms. The number of hydrogen-bond acceptors (Lipinski definition) is 2. The van der Waals surface area contributed by atoms with E-state index in [1.54, 1.807) is 12.1 Å². The Hall–Kier alpha value is -0.930. The van der Waals surface area contributed by atoms with Gasteiger partial charge in [-0.05, 0) is 43.5 Å². The van der Waals surface area contributed by atoms with Gasteiger partial charge in [-0.1, -0.05) is 12.1 Å². The first-order valence-electron chi connectivity index (χ1n) is 5.39. The van der Waals surface area contributed by atoms with Crippen molar-refractivity contribution in [2.24, 2.45) is 11.7 Å². The van der Waals surface area contributed by atoms with Gasteiger partial charge in [-0.15, -0.1) is 0 Å². The van der Waals surface area contributed by atoms with Crippen molar-refractivity contribution in [2.75, 3.05) is 7.05 Å². The fraction of sp³-hybridized carbons (Fsp3) is 0.500. The molecule has 82 valence electrons. The molecule has 1 aliphatic rings. The smallest absolute Gasteiger partial charge is 0.123 e. The van der Waals surface area contributed by atoms with E-state index in [1.165, 1.54) is 6.07 Å². The van der Waals surface area contributed by atoms with Gasteiger partial charge < -0.3 is 11.1 Å². The Morgan fingerprint density at radius 3 is 2.73 bits per heavy atom. The zero-order valence-electron chi connectivity index (χ0n) is 8.91. The Bertz CT molecular complexity index is 334. The molecule has 1 aromatic carbocycles. The molecule has 0 amide bonds. The quantitative estimate of drug-likeness (QED) is 0.795. The highest BCUT2D eigenvalue weighted by atomic mass is 19.1. The lowest BCUT2D eigenvalue weighted by molar-refractivity contribution is 0.204. The maximum Gasteiger partial charge on any atom is 0.123 e. The van der Waals surface area contributed by atoms with Gasteiger partial charge >= 0.3 is 0 Å². The Labute approximate surface area is 89.7 Å². The Morgan fingerprint density at radius 1 is 1.47 bits per heavy atom. The van der Waals surface area contributed by atoms with Crippen LogP contribution in [0.25, 0.3) is 0 Å². The van der Waals surface area contributed by atoms with E-state index in [9.17, 15) is 4.39 Å². The van der Waals surface area contributed by atoms with Crippen LogP contribution in [0, 0.1) is 11.7 Å². The molecule has 1 fully saturated rings. The van der Waals surface area contributed by atoms with E-state index in [2.05, 4.69) is 5.32 Å². The minimum atomic E-state index is -0.170. The van der Waals surface area contributed by atoms with Gasteiger partial charge in [0.1, 0.15) is 5.82 Å². The van der Waals surface area contributed by atoms with Crippen molar-refractivity contribution >= 4 is 0 Å². The van der Waals surface area contributed by atoms with Crippen molar-refractivity contribution in [1.82, 2.24) is 5.32 Å². The van der Waals surface area contributed by atoms with Crippen LogP contribution in [0.1, 0.15) is 24.4 Å². The average molecular weight is 208 g/mol. The largest absolute Gasteiger partial charge is 0.328 e. The molecule has 1 atom stereocenters. The number of nitrogens with one attached hydrogen (secondary N) is 1. The highest BCUT2D eigenvalue weighted by molar-refractivity contribution is 5.21. The molecule has 3 N–H and O–H groups in total. The number of hydrogen-bond donors (Lipinski definition) is 2. The van der Waals surface area contributed by atoms with Crippen molar-refractivity contribution in [3.8, 4) is 0 Å². The van der Waals surface area contributed by atoms with Crippen LogP contribution in [0.2, 0.25) is 0 Å². The van der Waals surface area contributed by atoms with Gasteiger partial charge in [0.2, 0.25) is 0 Å². The lowest BCUT2D eigenvalue weighted by Crippen LogP contribution is -2.42. The van der Waals surface area contributed by atoms with Crippen molar-refractivity contribution in [3.05, 3.63) is 35.6 Å². The molecule has 1 aromatic rings. The third-order valence-corrected chi connectivity index (χ3v) is 3.20. The zero-order chi connectivity index (χ0) is 10.8. The second kappa shape index (κ2) is 4.29. The lowest BCUT2D eigenvalue weighted by Gasteiger charge is -2.38. The van der Waals surface area contributed by atoms with E-state index in [0.29, 0.717) is 12.0 Å². The fourth-order valence-corrected chi connectivity index (χ4v) is 2.36. The normalized spacial score (nSPS) is 27.1. The van der Waals surface area contributed by atoms with E-state index in [0.717, 1.165) is 18.4 Å². The fourth-order valence-electron chi connectivity index (χ4n) is 2.36. The molecule has 2 nitrogen and oxygen atoms in total. The summed E-state index contributed by atoms with van der Waals surface area (Å²) in [6.45, 7) is 0. The van der Waals surface area contributed by atoms with Gasteiger partial charge in [0.25, 0.3) is 0 Å². The summed E-state index contributed by atoms with van der Waals surface area (Å²) in [5.41, 5.74) is 6.79. The summed E-state index contributed by atoms with van der Waals surface area (Å²) in [6.07, 6.45) is 2.06. The number of benzene rings is 1. The van der Waals surface area contributed by atoms with Crippen LogP contribution < -0.4 is 11.1 Å². The summed E-state index contributed by atoms with van der Waals surface area (Å²) in [4.78, 5) is 0. The van der Waals surface area contributed by atoms with Crippen LogP contribution in [-0.2, 0) is 0 Å². The maximum atomic E-state index is 13.1. The Balaban J connectivity index is 2.12. The highest BCUT2D eigenvalue weighted by Crippen LogP contribution is 2.36. The average Bonchev–Trinajstić information content (AvgIpc) is 2.16. The standard InChI is InChI=1S/C12H17FN2/c1-15-12(9-6-11(14)7-9)8-3-2-4-10(13)5-8/h2-5,9,11-12,15H,6-7,14H2,1H3. The molecule has 0 saturated heterocycles. The third kappa shape index (κ3) is 2.19. The van der Waals surface area contributed by atoms with Crippen molar-refractivity contribution in [1.29, 1.82) is 0 Å². The van der Waals surface area contributed by atoms with E-state index in [1.807, 2.05) is 13.1 Å².